The first-order valence-corrected chi connectivity index (χ1v) is 22.9. The first-order valence-electron chi connectivity index (χ1n) is 15.8. The van der Waals surface area contributed by atoms with Gasteiger partial charge in [0.25, 0.3) is 20.2 Å². The zero-order valence-corrected chi connectivity index (χ0v) is 33.0. The molecule has 0 aliphatic rings. The third-order valence-electron chi connectivity index (χ3n) is 10.1. The van der Waals surface area contributed by atoms with E-state index < -0.39 is 42.5 Å². The number of benzene rings is 1. The zero-order valence-electron chi connectivity index (χ0n) is 29.2. The predicted molar refractivity (Wildman–Crippen MR) is 190 cm³/mol. The lowest BCUT2D eigenvalue weighted by molar-refractivity contribution is 0.370. The quantitative estimate of drug-likeness (QED) is 0.112. The van der Waals surface area contributed by atoms with Gasteiger partial charge in [-0.25, -0.2) is 0 Å². The molecule has 248 valence electrons. The zero-order chi connectivity index (χ0) is 34.0. The molecule has 6 nitrogen and oxygen atoms in total. The van der Waals surface area contributed by atoms with Gasteiger partial charge in [-0.05, 0) is 73.8 Å². The van der Waals surface area contributed by atoms with E-state index in [-0.39, 0.29) is 40.3 Å². The van der Waals surface area contributed by atoms with Gasteiger partial charge in [-0.15, -0.1) is 6.58 Å². The van der Waals surface area contributed by atoms with Crippen molar-refractivity contribution < 1.29 is 25.9 Å². The Labute approximate surface area is 267 Å². The van der Waals surface area contributed by atoms with E-state index in [9.17, 15) is 25.9 Å². The molecule has 0 bridgehead atoms. The summed E-state index contributed by atoms with van der Waals surface area (Å²) in [6.45, 7) is 34.5. The Hall–Kier alpha value is -1.05. The normalized spacial score (nSPS) is 14.2. The van der Waals surface area contributed by atoms with E-state index in [2.05, 4.69) is 104 Å². The van der Waals surface area contributed by atoms with E-state index >= 15 is 0 Å². The number of rotatable bonds is 15. The van der Waals surface area contributed by atoms with Crippen molar-refractivity contribution in [2.45, 2.75) is 148 Å². The summed E-state index contributed by atoms with van der Waals surface area (Å²) in [6.07, 6.45) is 3.63. The highest BCUT2D eigenvalue weighted by Gasteiger charge is 2.51. The summed E-state index contributed by atoms with van der Waals surface area (Å²) < 4.78 is 72.4. The summed E-state index contributed by atoms with van der Waals surface area (Å²) in [6, 6.07) is 0. The highest BCUT2D eigenvalue weighted by molar-refractivity contribution is 7.88. The number of hydrogen-bond donors (Lipinski definition) is 2. The molecule has 0 unspecified atom stereocenters. The van der Waals surface area contributed by atoms with Crippen LogP contribution in [0.2, 0.25) is 27.7 Å². The summed E-state index contributed by atoms with van der Waals surface area (Å²) in [5.41, 5.74) is 2.97. The fourth-order valence-electron chi connectivity index (χ4n) is 8.13. The van der Waals surface area contributed by atoms with Gasteiger partial charge in [0.2, 0.25) is 0 Å². The van der Waals surface area contributed by atoms with Crippen LogP contribution in [0.25, 0.3) is 0 Å². The van der Waals surface area contributed by atoms with Crippen LogP contribution in [0.15, 0.2) is 29.0 Å². The van der Waals surface area contributed by atoms with E-state index in [0.29, 0.717) is 16.6 Å². The Morgan fingerprint density at radius 1 is 0.791 bits per heavy atom. The van der Waals surface area contributed by atoms with E-state index in [1.165, 1.54) is 11.3 Å². The van der Waals surface area contributed by atoms with Gasteiger partial charge in [0.1, 0.15) is 0 Å². The Morgan fingerprint density at radius 3 is 1.53 bits per heavy atom. The predicted octanol–water partition coefficient (Wildman–Crippen LogP) is 7.68. The molecule has 0 aromatic heterocycles. The summed E-state index contributed by atoms with van der Waals surface area (Å²) >= 11 is 0. The van der Waals surface area contributed by atoms with Gasteiger partial charge in [0, 0.05) is 0 Å². The molecule has 43 heavy (non-hydrogen) atoms. The third-order valence-corrected chi connectivity index (χ3v) is 23.1. The maximum Gasteiger partial charge on any atom is 0.294 e. The minimum atomic E-state index is -4.73. The lowest BCUT2D eigenvalue weighted by atomic mass is 9.72. The van der Waals surface area contributed by atoms with Crippen LogP contribution in [0.1, 0.15) is 114 Å². The van der Waals surface area contributed by atoms with Crippen molar-refractivity contribution in [1.29, 1.82) is 0 Å². The minimum absolute atomic E-state index is 0.0122. The van der Waals surface area contributed by atoms with Gasteiger partial charge in [-0.1, -0.05) is 114 Å². The van der Waals surface area contributed by atoms with Gasteiger partial charge in [-0.2, -0.15) is 16.8 Å². The molecule has 0 radical (unpaired) electrons. The van der Waals surface area contributed by atoms with Crippen molar-refractivity contribution in [2.75, 3.05) is 0 Å². The lowest BCUT2D eigenvalue weighted by Gasteiger charge is -2.48. The molecule has 10 heteroatoms. The van der Waals surface area contributed by atoms with Gasteiger partial charge in [0.15, 0.2) is 0 Å². The fraction of sp³-hybridized carbons (Fsp3) is 0.697. The number of hydrogen-bond acceptors (Lipinski definition) is 4. The van der Waals surface area contributed by atoms with Crippen molar-refractivity contribution in [1.82, 2.24) is 0 Å². The second-order valence-corrected chi connectivity index (χ2v) is 27.6. The lowest BCUT2D eigenvalue weighted by Crippen LogP contribution is -2.62. The Bertz CT molecular complexity index is 1360. The molecule has 0 fully saturated rings. The first-order chi connectivity index (χ1) is 19.3. The standard InChI is InChI=1S/C33H60O6S2Si2/c1-16-18-27-29(33(14,15)21(2)3)31(42(22(4)5)23(6)7)28(19-17-20-40(34,35)36)32(30(27)41(37,38)39)43(24(8)9,25(10)11)26(12)13/h16-17,20-26,42H,1,18-19H2,2-15H3,(H,34,35,36)(H,37,38,39). The third kappa shape index (κ3) is 8.22. The minimum Gasteiger partial charge on any atom is -0.282 e. The highest BCUT2D eigenvalue weighted by atomic mass is 32.2. The van der Waals surface area contributed by atoms with Gasteiger partial charge >= 0.3 is 0 Å². The average Bonchev–Trinajstić information content (AvgIpc) is 2.78. The molecule has 0 aliphatic heterocycles. The summed E-state index contributed by atoms with van der Waals surface area (Å²) in [5, 5.41) is 2.74. The van der Waals surface area contributed by atoms with Gasteiger partial charge in [0.05, 0.1) is 27.2 Å². The maximum absolute atomic E-state index is 13.8. The van der Waals surface area contributed by atoms with Crippen molar-refractivity contribution in [2.24, 2.45) is 5.92 Å². The molecular formula is C33H60O6S2Si2. The fourth-order valence-corrected chi connectivity index (χ4v) is 21.9. The van der Waals surface area contributed by atoms with Crippen molar-refractivity contribution in [3.63, 3.8) is 0 Å². The van der Waals surface area contributed by atoms with Crippen LogP contribution in [0.5, 0.6) is 0 Å². The summed E-state index contributed by atoms with van der Waals surface area (Å²) in [5.74, 6) is 0.132. The van der Waals surface area contributed by atoms with Gasteiger partial charge in [-0.3, -0.25) is 9.11 Å². The topological polar surface area (TPSA) is 109 Å². The monoisotopic (exact) mass is 672 g/mol. The molecule has 0 aliphatic carbocycles. The van der Waals surface area contributed by atoms with Crippen molar-refractivity contribution in [3.8, 4) is 0 Å². The summed E-state index contributed by atoms with van der Waals surface area (Å²) in [7, 11) is -13.8. The van der Waals surface area contributed by atoms with Crippen molar-refractivity contribution in [3.05, 3.63) is 40.8 Å². The van der Waals surface area contributed by atoms with Crippen LogP contribution >= 0.6 is 0 Å². The molecular weight excluding hydrogens is 613 g/mol. The summed E-state index contributed by atoms with van der Waals surface area (Å²) in [4.78, 5) is 0.0122. The van der Waals surface area contributed by atoms with Crippen LogP contribution < -0.4 is 10.4 Å². The molecule has 0 saturated heterocycles. The molecule has 0 heterocycles. The molecule has 1 aromatic carbocycles. The second kappa shape index (κ2) is 14.6. The Morgan fingerprint density at radius 2 is 1.23 bits per heavy atom. The van der Waals surface area contributed by atoms with E-state index in [1.54, 1.807) is 6.08 Å². The van der Waals surface area contributed by atoms with Crippen LogP contribution in [-0.2, 0) is 38.5 Å². The molecule has 0 atom stereocenters. The molecule has 0 amide bonds. The van der Waals surface area contributed by atoms with E-state index in [1.807, 2.05) is 0 Å². The molecule has 0 saturated carbocycles. The smallest absolute Gasteiger partial charge is 0.282 e. The molecule has 1 aromatic rings. The van der Waals surface area contributed by atoms with E-state index in [0.717, 1.165) is 21.7 Å². The highest BCUT2D eigenvalue weighted by Crippen LogP contribution is 2.46. The van der Waals surface area contributed by atoms with Crippen molar-refractivity contribution >= 4 is 47.5 Å². The Kier molecular flexibility index (Phi) is 13.6. The first kappa shape index (κ1) is 40.0. The van der Waals surface area contributed by atoms with Crippen LogP contribution in [0, 0.1) is 5.92 Å². The largest absolute Gasteiger partial charge is 0.294 e. The number of allylic oxidation sites excluding steroid dienone is 2. The Balaban J connectivity index is 5.23. The van der Waals surface area contributed by atoms with Crippen LogP contribution in [0.3, 0.4) is 0 Å². The molecule has 1 rings (SSSR count). The SMILES string of the molecule is C=CCc1c(C(C)(C)C(C)C)c([SiH](C(C)C)C(C)C)c(CC=CS(=O)(=O)O)c([Si](C(C)C)(C(C)C)C(C)C)c1S(=O)(=O)O. The maximum atomic E-state index is 13.8. The molecule has 0 spiro atoms. The van der Waals surface area contributed by atoms with E-state index in [4.69, 9.17) is 0 Å². The average molecular weight is 673 g/mol. The second-order valence-electron chi connectivity index (χ2n) is 14.8. The van der Waals surface area contributed by atoms with Crippen LogP contribution in [-0.4, -0.2) is 42.8 Å². The molecule has 2 N–H and O–H groups in total. The van der Waals surface area contributed by atoms with Gasteiger partial charge < -0.3 is 0 Å². The van der Waals surface area contributed by atoms with Crippen LogP contribution in [0.4, 0.5) is 0 Å².